The lowest BCUT2D eigenvalue weighted by Gasteiger charge is -2.26. The molecule has 0 atom stereocenters. The highest BCUT2D eigenvalue weighted by Crippen LogP contribution is 2.36. The lowest BCUT2D eigenvalue weighted by molar-refractivity contribution is 1.21. The second kappa shape index (κ2) is 12.4. The fraction of sp³-hybridized carbons (Fsp3) is 0. The van der Waals surface area contributed by atoms with Crippen LogP contribution in [-0.4, -0.2) is 0 Å². The predicted octanol–water partition coefficient (Wildman–Crippen LogP) is 11.4. The van der Waals surface area contributed by atoms with Gasteiger partial charge < -0.3 is 9.80 Å². The fourth-order valence-corrected chi connectivity index (χ4v) is 5.56. The van der Waals surface area contributed by atoms with Crippen molar-refractivity contribution in [2.45, 2.75) is 0 Å². The van der Waals surface area contributed by atoms with E-state index in [2.05, 4.69) is 185 Å². The first-order valence-corrected chi connectivity index (χ1v) is 14.8. The molecule has 2 nitrogen and oxygen atoms in total. The summed E-state index contributed by atoms with van der Waals surface area (Å²) in [7, 11) is 0. The average Bonchev–Trinajstić information content (AvgIpc) is 3.11. The highest BCUT2D eigenvalue weighted by molar-refractivity contribution is 5.79. The van der Waals surface area contributed by atoms with E-state index in [9.17, 15) is 0 Å². The van der Waals surface area contributed by atoms with Crippen LogP contribution in [0.15, 0.2) is 199 Å². The molecule has 7 rings (SSSR count). The second-order valence-corrected chi connectivity index (χ2v) is 10.5. The van der Waals surface area contributed by atoms with Crippen molar-refractivity contribution in [2.24, 2.45) is 0 Å². The van der Waals surface area contributed by atoms with Crippen molar-refractivity contribution < 1.29 is 0 Å². The zero-order valence-electron chi connectivity index (χ0n) is 24.2. The van der Waals surface area contributed by atoms with E-state index in [0.29, 0.717) is 0 Å². The summed E-state index contributed by atoms with van der Waals surface area (Å²) in [6, 6.07) is 57.8. The number of nitrogens with zero attached hydrogens (tertiary/aromatic N) is 2. The van der Waals surface area contributed by atoms with Crippen molar-refractivity contribution in [3.63, 3.8) is 0 Å². The molecule has 0 aromatic heterocycles. The Balaban J connectivity index is 1.12. The van der Waals surface area contributed by atoms with Crippen LogP contribution < -0.4 is 9.80 Å². The summed E-state index contributed by atoms with van der Waals surface area (Å²) in [5, 5.41) is 0. The van der Waals surface area contributed by atoms with Gasteiger partial charge in [0.2, 0.25) is 0 Å². The van der Waals surface area contributed by atoms with Gasteiger partial charge >= 0.3 is 0 Å². The molecular formula is C42H30N2. The Hall–Kier alpha value is -6.04. The van der Waals surface area contributed by atoms with Gasteiger partial charge in [-0.15, -0.1) is 0 Å². The zero-order chi connectivity index (χ0) is 29.6. The van der Waals surface area contributed by atoms with Crippen molar-refractivity contribution in [1.82, 2.24) is 0 Å². The molecule has 0 unspecified atom stereocenters. The first-order valence-electron chi connectivity index (χ1n) is 14.8. The smallest absolute Gasteiger partial charge is 0.0551 e. The summed E-state index contributed by atoms with van der Waals surface area (Å²) in [5.74, 6) is 0. The van der Waals surface area contributed by atoms with Crippen LogP contribution in [0.5, 0.6) is 0 Å². The van der Waals surface area contributed by atoms with Crippen molar-refractivity contribution in [3.05, 3.63) is 199 Å². The highest BCUT2D eigenvalue weighted by atomic mass is 15.1. The predicted molar refractivity (Wildman–Crippen MR) is 185 cm³/mol. The molecule has 0 aliphatic heterocycles. The highest BCUT2D eigenvalue weighted by Gasteiger charge is 2.14. The molecule has 0 amide bonds. The summed E-state index contributed by atoms with van der Waals surface area (Å²) in [4.78, 5) is 4.52. The molecule has 0 radical (unpaired) electrons. The minimum atomic E-state index is 1.05. The number of benzene rings is 6. The molecule has 6 aromatic carbocycles. The minimum absolute atomic E-state index is 1.05. The third-order valence-corrected chi connectivity index (χ3v) is 7.74. The second-order valence-electron chi connectivity index (χ2n) is 10.5. The minimum Gasteiger partial charge on any atom is -0.311 e. The van der Waals surface area contributed by atoms with E-state index < -0.39 is 0 Å². The first kappa shape index (κ1) is 26.8. The summed E-state index contributed by atoms with van der Waals surface area (Å²) >= 11 is 0. The number of allylic oxidation sites excluding steroid dienone is 3. The van der Waals surface area contributed by atoms with Gasteiger partial charge in [0, 0.05) is 34.5 Å². The van der Waals surface area contributed by atoms with E-state index in [4.69, 9.17) is 0 Å². The van der Waals surface area contributed by atoms with Crippen LogP contribution in [0.1, 0.15) is 0 Å². The third kappa shape index (κ3) is 5.68. The number of rotatable bonds is 8. The molecule has 0 heterocycles. The van der Waals surface area contributed by atoms with Gasteiger partial charge in [-0.25, -0.2) is 0 Å². The Kier molecular flexibility index (Phi) is 7.59. The zero-order valence-corrected chi connectivity index (χ0v) is 24.2. The Morgan fingerprint density at radius 2 is 0.659 bits per heavy atom. The number of para-hydroxylation sites is 3. The van der Waals surface area contributed by atoms with E-state index in [-0.39, 0.29) is 0 Å². The van der Waals surface area contributed by atoms with Crippen LogP contribution in [-0.2, 0) is 0 Å². The molecule has 2 heteroatoms. The van der Waals surface area contributed by atoms with Gasteiger partial charge in [-0.1, -0.05) is 115 Å². The van der Waals surface area contributed by atoms with Crippen molar-refractivity contribution >= 4 is 28.4 Å². The van der Waals surface area contributed by atoms with Crippen molar-refractivity contribution in [2.75, 3.05) is 9.80 Å². The van der Waals surface area contributed by atoms with Crippen molar-refractivity contribution in [1.29, 1.82) is 0 Å². The molecule has 0 bridgehead atoms. The summed E-state index contributed by atoms with van der Waals surface area (Å²) < 4.78 is 0. The first-order chi connectivity index (χ1) is 21.8. The fourth-order valence-electron chi connectivity index (χ4n) is 5.56. The lowest BCUT2D eigenvalue weighted by Crippen LogP contribution is -2.15. The Morgan fingerprint density at radius 3 is 1.05 bits per heavy atom. The summed E-state index contributed by atoms with van der Waals surface area (Å²) in [6.45, 7) is 0. The largest absolute Gasteiger partial charge is 0.311 e. The standard InChI is InChI=1S/C42H30N2/c1-5-13-37(14-6-1)43(38-15-7-2-8-16-38)41-29-25-35(26-30-41)33-21-23-34(24-22-33)36-27-31-42(32-28-36)44(39-17-9-3-10-18-39)40-19-11-4-12-20-40/h1-3,5-11,13-32H. The molecule has 0 spiro atoms. The molecule has 0 N–H and O–H groups in total. The van der Waals surface area contributed by atoms with Gasteiger partial charge in [0.1, 0.15) is 0 Å². The van der Waals surface area contributed by atoms with Gasteiger partial charge in [0.05, 0.1) is 5.70 Å². The van der Waals surface area contributed by atoms with Crippen LogP contribution in [0.25, 0.3) is 22.3 Å². The van der Waals surface area contributed by atoms with Crippen LogP contribution in [0.3, 0.4) is 0 Å². The molecule has 1 aliphatic carbocycles. The maximum atomic E-state index is 3.09. The van der Waals surface area contributed by atoms with Crippen LogP contribution >= 0.6 is 0 Å². The van der Waals surface area contributed by atoms with E-state index in [1.54, 1.807) is 0 Å². The number of hydrogen-bond acceptors (Lipinski definition) is 2. The molecule has 44 heavy (non-hydrogen) atoms. The Morgan fingerprint density at radius 1 is 0.318 bits per heavy atom. The monoisotopic (exact) mass is 562 g/mol. The van der Waals surface area contributed by atoms with Crippen LogP contribution in [0.4, 0.5) is 28.4 Å². The van der Waals surface area contributed by atoms with Gasteiger partial charge in [-0.05, 0) is 95.1 Å². The molecule has 0 saturated heterocycles. The maximum absolute atomic E-state index is 3.09. The van der Waals surface area contributed by atoms with Crippen LogP contribution in [0, 0.1) is 0 Å². The molecule has 0 fully saturated rings. The topological polar surface area (TPSA) is 6.48 Å². The van der Waals surface area contributed by atoms with Gasteiger partial charge in [-0.3, -0.25) is 0 Å². The SMILES string of the molecule is C1=C=CC(N(c2ccccc2)c2ccc(-c3ccc(-c4ccc(N(c5ccccc5)c5ccccc5)cc4)cc3)cc2)=CC=1. The summed E-state index contributed by atoms with van der Waals surface area (Å²) in [6.07, 6.45) is 5.92. The molecular weight excluding hydrogens is 532 g/mol. The van der Waals surface area contributed by atoms with E-state index in [1.807, 2.05) is 18.2 Å². The summed E-state index contributed by atoms with van der Waals surface area (Å²) in [5.41, 5.74) is 17.5. The molecule has 6 aromatic rings. The van der Waals surface area contributed by atoms with E-state index in [0.717, 1.165) is 34.1 Å². The Bertz CT molecular complexity index is 1940. The lowest BCUT2D eigenvalue weighted by atomic mass is 9.99. The van der Waals surface area contributed by atoms with Gasteiger partial charge in [0.15, 0.2) is 0 Å². The quantitative estimate of drug-likeness (QED) is 0.170. The maximum Gasteiger partial charge on any atom is 0.0551 e. The van der Waals surface area contributed by atoms with Crippen LogP contribution in [0.2, 0.25) is 0 Å². The molecule has 1 aliphatic rings. The Labute approximate surface area is 259 Å². The van der Waals surface area contributed by atoms with Crippen molar-refractivity contribution in [3.8, 4) is 22.3 Å². The van der Waals surface area contributed by atoms with E-state index in [1.165, 1.54) is 22.3 Å². The normalized spacial score (nSPS) is 11.7. The average molecular weight is 563 g/mol. The van der Waals surface area contributed by atoms with Gasteiger partial charge in [0.25, 0.3) is 0 Å². The number of hydrogen-bond donors (Lipinski definition) is 0. The third-order valence-electron chi connectivity index (χ3n) is 7.74. The molecule has 0 saturated carbocycles. The molecule has 208 valence electrons. The van der Waals surface area contributed by atoms with E-state index >= 15 is 0 Å². The van der Waals surface area contributed by atoms with Gasteiger partial charge in [-0.2, -0.15) is 0 Å². The number of anilines is 5.